The Morgan fingerprint density at radius 1 is 1.38 bits per heavy atom. The Bertz CT molecular complexity index is 499. The molecule has 5 heteroatoms. The van der Waals surface area contributed by atoms with E-state index in [1.807, 2.05) is 26.1 Å². The van der Waals surface area contributed by atoms with Gasteiger partial charge in [0.1, 0.15) is 5.75 Å². The Morgan fingerprint density at radius 3 is 2.76 bits per heavy atom. The molecular weight excluding hydrogens is 332 g/mol. The van der Waals surface area contributed by atoms with E-state index in [0.717, 1.165) is 34.2 Å². The minimum atomic E-state index is -0.0281. The SMILES string of the molecule is CNCc1cc(Br)cc(C)c1OCC(=O)NC1CCCC1. The second-order valence-electron chi connectivity index (χ2n) is 5.58. The molecule has 1 aliphatic carbocycles. The monoisotopic (exact) mass is 354 g/mol. The lowest BCUT2D eigenvalue weighted by Gasteiger charge is -2.16. The lowest BCUT2D eigenvalue weighted by Crippen LogP contribution is -2.36. The third-order valence-electron chi connectivity index (χ3n) is 3.75. The average molecular weight is 355 g/mol. The molecule has 1 fully saturated rings. The van der Waals surface area contributed by atoms with E-state index in [1.165, 1.54) is 12.8 Å². The van der Waals surface area contributed by atoms with Crippen LogP contribution in [0.2, 0.25) is 0 Å². The largest absolute Gasteiger partial charge is 0.483 e. The summed E-state index contributed by atoms with van der Waals surface area (Å²) in [6, 6.07) is 4.36. The molecule has 116 valence electrons. The highest BCUT2D eigenvalue weighted by molar-refractivity contribution is 9.10. The number of rotatable bonds is 6. The van der Waals surface area contributed by atoms with E-state index in [4.69, 9.17) is 4.74 Å². The number of carbonyl (C=O) groups is 1. The maximum Gasteiger partial charge on any atom is 0.258 e. The zero-order valence-electron chi connectivity index (χ0n) is 12.7. The Morgan fingerprint density at radius 2 is 2.10 bits per heavy atom. The number of nitrogens with one attached hydrogen (secondary N) is 2. The van der Waals surface area contributed by atoms with Crippen molar-refractivity contribution in [1.82, 2.24) is 10.6 Å². The fourth-order valence-electron chi connectivity index (χ4n) is 2.80. The quantitative estimate of drug-likeness (QED) is 0.825. The van der Waals surface area contributed by atoms with Crippen molar-refractivity contribution in [1.29, 1.82) is 0 Å². The molecule has 0 spiro atoms. The van der Waals surface area contributed by atoms with Crippen molar-refractivity contribution in [3.8, 4) is 5.75 Å². The van der Waals surface area contributed by atoms with Gasteiger partial charge in [0.2, 0.25) is 0 Å². The molecule has 0 aromatic heterocycles. The van der Waals surface area contributed by atoms with Crippen LogP contribution in [0.25, 0.3) is 0 Å². The predicted octanol–water partition coefficient (Wildman–Crippen LogP) is 2.91. The maximum atomic E-state index is 12.0. The normalized spacial score (nSPS) is 15.2. The zero-order valence-corrected chi connectivity index (χ0v) is 14.3. The van der Waals surface area contributed by atoms with Gasteiger partial charge >= 0.3 is 0 Å². The van der Waals surface area contributed by atoms with Gasteiger partial charge in [-0.15, -0.1) is 0 Å². The summed E-state index contributed by atoms with van der Waals surface area (Å²) in [5.74, 6) is 0.772. The second-order valence-corrected chi connectivity index (χ2v) is 6.49. The summed E-state index contributed by atoms with van der Waals surface area (Å²) in [5, 5.41) is 6.17. The van der Waals surface area contributed by atoms with E-state index in [2.05, 4.69) is 26.6 Å². The van der Waals surface area contributed by atoms with Crippen LogP contribution in [0.3, 0.4) is 0 Å². The van der Waals surface area contributed by atoms with Crippen molar-refractivity contribution in [3.63, 3.8) is 0 Å². The third kappa shape index (κ3) is 4.71. The average Bonchev–Trinajstić information content (AvgIpc) is 2.90. The van der Waals surface area contributed by atoms with Crippen LogP contribution in [-0.2, 0) is 11.3 Å². The molecule has 1 aromatic carbocycles. The van der Waals surface area contributed by atoms with Crippen LogP contribution in [0.4, 0.5) is 0 Å². The molecule has 1 aliphatic rings. The molecule has 1 aromatic rings. The number of hydrogen-bond donors (Lipinski definition) is 2. The minimum absolute atomic E-state index is 0.0281. The van der Waals surface area contributed by atoms with E-state index in [1.54, 1.807) is 0 Å². The minimum Gasteiger partial charge on any atom is -0.483 e. The Balaban J connectivity index is 1.96. The van der Waals surface area contributed by atoms with Gasteiger partial charge in [-0.05, 0) is 44.5 Å². The molecule has 2 rings (SSSR count). The molecule has 0 saturated heterocycles. The van der Waals surface area contributed by atoms with Gasteiger partial charge in [-0.2, -0.15) is 0 Å². The number of amides is 1. The number of hydrogen-bond acceptors (Lipinski definition) is 3. The van der Waals surface area contributed by atoms with Crippen LogP contribution in [0.1, 0.15) is 36.8 Å². The first-order valence-electron chi connectivity index (χ1n) is 7.46. The highest BCUT2D eigenvalue weighted by Crippen LogP contribution is 2.28. The molecule has 1 amide bonds. The fourth-order valence-corrected chi connectivity index (χ4v) is 3.42. The molecule has 21 heavy (non-hydrogen) atoms. The highest BCUT2D eigenvalue weighted by atomic mass is 79.9. The van der Waals surface area contributed by atoms with Crippen LogP contribution in [0.15, 0.2) is 16.6 Å². The molecule has 2 N–H and O–H groups in total. The first-order chi connectivity index (χ1) is 10.1. The van der Waals surface area contributed by atoms with E-state index in [9.17, 15) is 4.79 Å². The zero-order chi connectivity index (χ0) is 15.2. The van der Waals surface area contributed by atoms with Crippen LogP contribution < -0.4 is 15.4 Å². The molecule has 0 bridgehead atoms. The maximum absolute atomic E-state index is 12.0. The smallest absolute Gasteiger partial charge is 0.258 e. The Kier molecular flexibility index (Phi) is 6.06. The molecule has 0 atom stereocenters. The molecule has 0 unspecified atom stereocenters. The number of ether oxygens (including phenoxy) is 1. The first kappa shape index (κ1) is 16.3. The summed E-state index contributed by atoms with van der Waals surface area (Å²) < 4.78 is 6.80. The second kappa shape index (κ2) is 7.80. The predicted molar refractivity (Wildman–Crippen MR) is 87.5 cm³/mol. The topological polar surface area (TPSA) is 50.4 Å². The molecular formula is C16H23BrN2O2. The van der Waals surface area contributed by atoms with Crippen LogP contribution in [0, 0.1) is 6.92 Å². The highest BCUT2D eigenvalue weighted by Gasteiger charge is 2.18. The van der Waals surface area contributed by atoms with Crippen LogP contribution in [0.5, 0.6) is 5.75 Å². The Labute approximate surface area is 134 Å². The fraction of sp³-hybridized carbons (Fsp3) is 0.562. The summed E-state index contributed by atoms with van der Waals surface area (Å²) in [5.41, 5.74) is 2.08. The Hall–Kier alpha value is -1.07. The summed E-state index contributed by atoms with van der Waals surface area (Å²) >= 11 is 3.49. The molecule has 1 saturated carbocycles. The third-order valence-corrected chi connectivity index (χ3v) is 4.21. The number of halogens is 1. The van der Waals surface area contributed by atoms with Crippen molar-refractivity contribution in [2.24, 2.45) is 0 Å². The summed E-state index contributed by atoms with van der Waals surface area (Å²) in [6.07, 6.45) is 4.61. The van der Waals surface area contributed by atoms with E-state index in [-0.39, 0.29) is 12.5 Å². The molecule has 0 heterocycles. The van der Waals surface area contributed by atoms with E-state index in [0.29, 0.717) is 12.6 Å². The van der Waals surface area contributed by atoms with Gasteiger partial charge in [-0.1, -0.05) is 28.8 Å². The van der Waals surface area contributed by atoms with Gasteiger partial charge in [0, 0.05) is 22.6 Å². The van der Waals surface area contributed by atoms with Gasteiger partial charge in [0.05, 0.1) is 0 Å². The standard InChI is InChI=1S/C16H23BrN2O2/c1-11-7-13(17)8-12(9-18-2)16(11)21-10-15(20)19-14-5-3-4-6-14/h7-8,14,18H,3-6,9-10H2,1-2H3,(H,19,20). The van der Waals surface area contributed by atoms with E-state index >= 15 is 0 Å². The van der Waals surface area contributed by atoms with Crippen molar-refractivity contribution < 1.29 is 9.53 Å². The van der Waals surface area contributed by atoms with Gasteiger partial charge in [0.15, 0.2) is 6.61 Å². The van der Waals surface area contributed by atoms with Crippen molar-refractivity contribution in [3.05, 3.63) is 27.7 Å². The number of benzene rings is 1. The van der Waals surface area contributed by atoms with Crippen LogP contribution >= 0.6 is 15.9 Å². The van der Waals surface area contributed by atoms with Gasteiger partial charge in [0.25, 0.3) is 5.91 Å². The van der Waals surface area contributed by atoms with Crippen molar-refractivity contribution in [2.45, 2.75) is 45.2 Å². The van der Waals surface area contributed by atoms with Crippen molar-refractivity contribution in [2.75, 3.05) is 13.7 Å². The molecule has 4 nitrogen and oxygen atoms in total. The van der Waals surface area contributed by atoms with E-state index < -0.39 is 0 Å². The van der Waals surface area contributed by atoms with Gasteiger partial charge in [-0.25, -0.2) is 0 Å². The van der Waals surface area contributed by atoms with Crippen LogP contribution in [-0.4, -0.2) is 25.6 Å². The lowest BCUT2D eigenvalue weighted by atomic mass is 10.1. The molecule has 0 aliphatic heterocycles. The summed E-state index contributed by atoms with van der Waals surface area (Å²) in [6.45, 7) is 2.78. The van der Waals surface area contributed by atoms with Gasteiger partial charge in [-0.3, -0.25) is 4.79 Å². The summed E-state index contributed by atoms with van der Waals surface area (Å²) in [7, 11) is 1.90. The van der Waals surface area contributed by atoms with Gasteiger partial charge < -0.3 is 15.4 Å². The number of aryl methyl sites for hydroxylation is 1. The lowest BCUT2D eigenvalue weighted by molar-refractivity contribution is -0.123. The molecule has 0 radical (unpaired) electrons. The number of carbonyl (C=O) groups excluding carboxylic acids is 1. The van der Waals surface area contributed by atoms with Crippen molar-refractivity contribution >= 4 is 21.8 Å². The summed E-state index contributed by atoms with van der Waals surface area (Å²) in [4.78, 5) is 12.0. The first-order valence-corrected chi connectivity index (χ1v) is 8.25.